The third-order valence-electron chi connectivity index (χ3n) is 4.14. The van der Waals surface area contributed by atoms with Crippen molar-refractivity contribution in [1.29, 1.82) is 0 Å². The van der Waals surface area contributed by atoms with E-state index in [9.17, 15) is 4.39 Å². The smallest absolute Gasteiger partial charge is 0.165 e. The van der Waals surface area contributed by atoms with Gasteiger partial charge in [-0.15, -0.1) is 0 Å². The van der Waals surface area contributed by atoms with Crippen LogP contribution in [0.5, 0.6) is 5.75 Å². The maximum Gasteiger partial charge on any atom is 0.165 e. The number of methoxy groups -OCH3 is 1. The number of fused-ring (bicyclic) bond motifs is 1. The van der Waals surface area contributed by atoms with Crippen LogP contribution in [0.3, 0.4) is 0 Å². The van der Waals surface area contributed by atoms with Gasteiger partial charge in [-0.25, -0.2) is 4.39 Å². The Labute approximate surface area is 118 Å². The number of aryl methyl sites for hydroxylation is 1. The number of halogens is 1. The van der Waals surface area contributed by atoms with Gasteiger partial charge in [0.1, 0.15) is 0 Å². The van der Waals surface area contributed by atoms with Gasteiger partial charge in [-0.3, -0.25) is 0 Å². The van der Waals surface area contributed by atoms with Gasteiger partial charge in [-0.1, -0.05) is 18.2 Å². The van der Waals surface area contributed by atoms with Crippen molar-refractivity contribution >= 4 is 5.69 Å². The van der Waals surface area contributed by atoms with Crippen molar-refractivity contribution in [2.75, 3.05) is 12.4 Å². The largest absolute Gasteiger partial charge is 0.494 e. The van der Waals surface area contributed by atoms with Crippen molar-refractivity contribution in [2.24, 2.45) is 0 Å². The lowest BCUT2D eigenvalue weighted by Gasteiger charge is -2.14. The van der Waals surface area contributed by atoms with E-state index in [0.717, 1.165) is 12.0 Å². The van der Waals surface area contributed by atoms with Crippen LogP contribution in [0.1, 0.15) is 28.3 Å². The first-order valence-corrected chi connectivity index (χ1v) is 6.79. The van der Waals surface area contributed by atoms with Crippen molar-refractivity contribution in [2.45, 2.75) is 26.3 Å². The first-order chi connectivity index (χ1) is 9.60. The molecule has 2 aromatic carbocycles. The molecule has 1 aliphatic rings. The van der Waals surface area contributed by atoms with Crippen LogP contribution in [-0.2, 0) is 6.42 Å². The molecule has 0 fully saturated rings. The Morgan fingerprint density at radius 3 is 2.70 bits per heavy atom. The minimum absolute atomic E-state index is 0.130. The van der Waals surface area contributed by atoms with E-state index in [1.165, 1.54) is 29.5 Å². The topological polar surface area (TPSA) is 21.3 Å². The number of rotatable bonds is 2. The van der Waals surface area contributed by atoms with Gasteiger partial charge in [0.05, 0.1) is 13.2 Å². The number of ether oxygens (including phenoxy) is 1. The first kappa shape index (κ1) is 13.0. The molecule has 1 aliphatic heterocycles. The van der Waals surface area contributed by atoms with E-state index >= 15 is 0 Å². The number of hydrogen-bond acceptors (Lipinski definition) is 2. The van der Waals surface area contributed by atoms with Gasteiger partial charge >= 0.3 is 0 Å². The van der Waals surface area contributed by atoms with Crippen molar-refractivity contribution in [1.82, 2.24) is 0 Å². The van der Waals surface area contributed by atoms with E-state index in [4.69, 9.17) is 4.74 Å². The second-order valence-electron chi connectivity index (χ2n) is 5.34. The van der Waals surface area contributed by atoms with Crippen LogP contribution in [0.15, 0.2) is 30.3 Å². The maximum atomic E-state index is 13.8. The number of nitrogens with one attached hydrogen (secondary N) is 1. The van der Waals surface area contributed by atoms with Crippen LogP contribution >= 0.6 is 0 Å². The zero-order chi connectivity index (χ0) is 14.3. The van der Waals surface area contributed by atoms with Crippen LogP contribution in [-0.4, -0.2) is 7.11 Å². The molecule has 1 unspecified atom stereocenters. The van der Waals surface area contributed by atoms with E-state index in [1.807, 2.05) is 6.07 Å². The molecule has 1 atom stereocenters. The van der Waals surface area contributed by atoms with Crippen LogP contribution in [0, 0.1) is 19.7 Å². The molecule has 1 heterocycles. The quantitative estimate of drug-likeness (QED) is 0.885. The SMILES string of the molecule is COc1ccc(C2Cc3ccc(C)c(C)c3N2)cc1F. The molecular weight excluding hydrogens is 253 g/mol. The number of anilines is 1. The molecule has 0 aromatic heterocycles. The highest BCUT2D eigenvalue weighted by Gasteiger charge is 2.24. The molecule has 0 radical (unpaired) electrons. The summed E-state index contributed by atoms with van der Waals surface area (Å²) in [5.41, 5.74) is 6.01. The Hall–Kier alpha value is -2.03. The molecule has 104 valence electrons. The average molecular weight is 271 g/mol. The molecule has 0 spiro atoms. The zero-order valence-electron chi connectivity index (χ0n) is 12.0. The van der Waals surface area contributed by atoms with Gasteiger partial charge in [-0.2, -0.15) is 0 Å². The van der Waals surface area contributed by atoms with Gasteiger partial charge in [-0.05, 0) is 54.7 Å². The normalized spacial score (nSPS) is 16.7. The summed E-state index contributed by atoms with van der Waals surface area (Å²) in [5.74, 6) is -0.0213. The molecule has 2 nitrogen and oxygen atoms in total. The van der Waals surface area contributed by atoms with Gasteiger partial charge < -0.3 is 10.1 Å². The number of benzene rings is 2. The first-order valence-electron chi connectivity index (χ1n) is 6.79. The van der Waals surface area contributed by atoms with Gasteiger partial charge in [0.25, 0.3) is 0 Å². The number of hydrogen-bond donors (Lipinski definition) is 1. The molecule has 2 aromatic rings. The molecule has 20 heavy (non-hydrogen) atoms. The lowest BCUT2D eigenvalue weighted by atomic mass is 10.0. The molecule has 3 rings (SSSR count). The highest BCUT2D eigenvalue weighted by Crippen LogP contribution is 2.38. The molecule has 0 amide bonds. The Morgan fingerprint density at radius 2 is 2.00 bits per heavy atom. The minimum Gasteiger partial charge on any atom is -0.494 e. The molecular formula is C17H18FNO. The minimum atomic E-state index is -0.310. The summed E-state index contributed by atoms with van der Waals surface area (Å²) >= 11 is 0. The van der Waals surface area contributed by atoms with Crippen LogP contribution in [0.4, 0.5) is 10.1 Å². The lowest BCUT2D eigenvalue weighted by molar-refractivity contribution is 0.386. The summed E-state index contributed by atoms with van der Waals surface area (Å²) in [6.07, 6.45) is 0.891. The Kier molecular flexibility index (Phi) is 3.13. The fourth-order valence-electron chi connectivity index (χ4n) is 2.79. The molecule has 0 saturated carbocycles. The predicted octanol–water partition coefficient (Wildman–Crippen LogP) is 4.16. The molecule has 1 N–H and O–H groups in total. The third-order valence-corrected chi connectivity index (χ3v) is 4.14. The summed E-state index contributed by atoms with van der Waals surface area (Å²) in [6.45, 7) is 4.23. The van der Waals surface area contributed by atoms with Crippen LogP contribution in [0.25, 0.3) is 0 Å². The highest BCUT2D eigenvalue weighted by molar-refractivity contribution is 5.65. The van der Waals surface area contributed by atoms with Gasteiger partial charge in [0.2, 0.25) is 0 Å². The summed E-state index contributed by atoms with van der Waals surface area (Å²) in [6, 6.07) is 9.61. The van der Waals surface area contributed by atoms with Crippen LogP contribution in [0.2, 0.25) is 0 Å². The van der Waals surface area contributed by atoms with Crippen LogP contribution < -0.4 is 10.1 Å². The van der Waals surface area contributed by atoms with Crippen molar-refractivity contribution in [3.05, 3.63) is 58.4 Å². The van der Waals surface area contributed by atoms with Crippen molar-refractivity contribution in [3.63, 3.8) is 0 Å². The van der Waals surface area contributed by atoms with Gasteiger partial charge in [0.15, 0.2) is 11.6 Å². The van der Waals surface area contributed by atoms with Crippen molar-refractivity contribution < 1.29 is 9.13 Å². The second kappa shape index (κ2) is 4.82. The lowest BCUT2D eigenvalue weighted by Crippen LogP contribution is -2.06. The third kappa shape index (κ3) is 2.03. The van der Waals surface area contributed by atoms with E-state index in [0.29, 0.717) is 0 Å². The average Bonchev–Trinajstić information content (AvgIpc) is 2.88. The maximum absolute atomic E-state index is 13.8. The molecule has 3 heteroatoms. The highest BCUT2D eigenvalue weighted by atomic mass is 19.1. The van der Waals surface area contributed by atoms with E-state index < -0.39 is 0 Å². The molecule has 0 saturated heterocycles. The fourth-order valence-corrected chi connectivity index (χ4v) is 2.79. The molecule has 0 aliphatic carbocycles. The predicted molar refractivity (Wildman–Crippen MR) is 78.9 cm³/mol. The van der Waals surface area contributed by atoms with E-state index in [1.54, 1.807) is 12.1 Å². The Balaban J connectivity index is 1.92. The fraction of sp³-hybridized carbons (Fsp3) is 0.294. The molecule has 0 bridgehead atoms. The van der Waals surface area contributed by atoms with Gasteiger partial charge in [0, 0.05) is 5.69 Å². The van der Waals surface area contributed by atoms with E-state index in [-0.39, 0.29) is 17.6 Å². The second-order valence-corrected chi connectivity index (χ2v) is 5.34. The standard InChI is InChI=1S/C17H18FNO/c1-10-4-5-13-9-15(19-17(13)11(10)2)12-6-7-16(20-3)14(18)8-12/h4-8,15,19H,9H2,1-3H3. The zero-order valence-corrected chi connectivity index (χ0v) is 12.0. The van der Waals surface area contributed by atoms with E-state index in [2.05, 4.69) is 31.3 Å². The monoisotopic (exact) mass is 271 g/mol. The summed E-state index contributed by atoms with van der Waals surface area (Å²) < 4.78 is 18.8. The summed E-state index contributed by atoms with van der Waals surface area (Å²) in [7, 11) is 1.48. The Morgan fingerprint density at radius 1 is 1.20 bits per heavy atom. The Bertz CT molecular complexity index is 666. The summed E-state index contributed by atoms with van der Waals surface area (Å²) in [4.78, 5) is 0. The van der Waals surface area contributed by atoms with Crippen molar-refractivity contribution in [3.8, 4) is 5.75 Å². The summed E-state index contributed by atoms with van der Waals surface area (Å²) in [5, 5.41) is 3.52.